The number of hydrogen-bond acceptors (Lipinski definition) is 6. The van der Waals surface area contributed by atoms with Crippen LogP contribution < -0.4 is 5.32 Å². The van der Waals surface area contributed by atoms with Crippen molar-refractivity contribution < 1.29 is 14.6 Å². The van der Waals surface area contributed by atoms with E-state index >= 15 is 0 Å². The number of hydrogen-bond donors (Lipinski definition) is 1. The largest absolute Gasteiger partial charge is 0.349 e. The predicted octanol–water partition coefficient (Wildman–Crippen LogP) is 4.24. The van der Waals surface area contributed by atoms with Crippen LogP contribution in [0.25, 0.3) is 0 Å². The summed E-state index contributed by atoms with van der Waals surface area (Å²) in [5.74, 6) is 0. The number of rotatable bonds is 5. The number of carbonyl (C=O) groups is 1. The molecule has 124 valence electrons. The Morgan fingerprint density at radius 1 is 1.08 bits per heavy atom. The maximum atomic E-state index is 11.6. The molecule has 24 heavy (non-hydrogen) atoms. The second kappa shape index (κ2) is 6.63. The average molecular weight is 350 g/mol. The number of nitro groups is 2. The number of carbonyl (C=O) groups excluding carboxylic acids is 1. The molecular weight excluding hydrogens is 338 g/mol. The molecule has 0 aromatic heterocycles. The molecular formula is C15H12ClN3O5. The minimum absolute atomic E-state index is 0.181. The molecule has 0 aliphatic carbocycles. The highest BCUT2D eigenvalue weighted by Crippen LogP contribution is 2.37. The van der Waals surface area contributed by atoms with Gasteiger partial charge in [0.25, 0.3) is 16.6 Å². The fraction of sp³-hybridized carbons (Fsp3) is 0.133. The highest BCUT2D eigenvalue weighted by Gasteiger charge is 2.27. The summed E-state index contributed by atoms with van der Waals surface area (Å²) in [4.78, 5) is 32.2. The van der Waals surface area contributed by atoms with E-state index in [9.17, 15) is 25.0 Å². The van der Waals surface area contributed by atoms with Crippen molar-refractivity contribution >= 4 is 39.6 Å². The second-order valence-corrected chi connectivity index (χ2v) is 5.46. The Hall–Kier alpha value is -3.00. The molecule has 0 heterocycles. The average Bonchev–Trinajstić information content (AvgIpc) is 2.50. The molecule has 2 aromatic rings. The van der Waals surface area contributed by atoms with Gasteiger partial charge in [0.15, 0.2) is 0 Å². The van der Waals surface area contributed by atoms with E-state index in [0.717, 1.165) is 23.3 Å². The van der Waals surface area contributed by atoms with Gasteiger partial charge in [-0.1, -0.05) is 12.1 Å². The van der Waals surface area contributed by atoms with Gasteiger partial charge in [-0.3, -0.25) is 25.0 Å². The molecule has 2 aromatic carbocycles. The maximum absolute atomic E-state index is 11.6. The number of benzene rings is 2. The lowest BCUT2D eigenvalue weighted by Crippen LogP contribution is -2.06. The molecule has 0 saturated heterocycles. The van der Waals surface area contributed by atoms with Crippen LogP contribution in [-0.2, 0) is 0 Å². The van der Waals surface area contributed by atoms with Crippen molar-refractivity contribution in [2.45, 2.75) is 13.8 Å². The Kier molecular flexibility index (Phi) is 4.79. The number of nitrogens with one attached hydrogen (secondary N) is 1. The fourth-order valence-electron chi connectivity index (χ4n) is 2.15. The SMILES string of the molecule is Cc1ccc(C)c(Nc2c(C(=O)Cl)cc([N+](=O)[O-])cc2[N+](=O)[O-])c1. The summed E-state index contributed by atoms with van der Waals surface area (Å²) in [5, 5.41) is 24.0. The number of non-ortho nitro benzene ring substituents is 1. The summed E-state index contributed by atoms with van der Waals surface area (Å²) in [7, 11) is 0. The standard InChI is InChI=1S/C15H12ClN3O5/c1-8-3-4-9(2)12(5-8)17-14-11(15(16)20)6-10(18(21)22)7-13(14)19(23)24/h3-7,17H,1-2H3. The fourth-order valence-corrected chi connectivity index (χ4v) is 2.30. The van der Waals surface area contributed by atoms with Gasteiger partial charge in [-0.05, 0) is 42.6 Å². The van der Waals surface area contributed by atoms with Gasteiger partial charge in [0.05, 0.1) is 21.5 Å². The summed E-state index contributed by atoms with van der Waals surface area (Å²) in [6, 6.07) is 7.10. The first-order valence-electron chi connectivity index (χ1n) is 6.71. The molecule has 0 amide bonds. The monoisotopic (exact) mass is 349 g/mol. The van der Waals surface area contributed by atoms with E-state index in [1.807, 2.05) is 13.0 Å². The number of nitrogens with zero attached hydrogens (tertiary/aromatic N) is 2. The predicted molar refractivity (Wildman–Crippen MR) is 89.1 cm³/mol. The van der Waals surface area contributed by atoms with Gasteiger partial charge in [0, 0.05) is 11.8 Å². The van der Waals surface area contributed by atoms with Crippen molar-refractivity contribution in [1.29, 1.82) is 0 Å². The molecule has 0 saturated carbocycles. The Morgan fingerprint density at radius 2 is 1.75 bits per heavy atom. The quantitative estimate of drug-likeness (QED) is 0.490. The van der Waals surface area contributed by atoms with Crippen molar-refractivity contribution in [3.8, 4) is 0 Å². The van der Waals surface area contributed by atoms with Crippen LogP contribution in [0.5, 0.6) is 0 Å². The third kappa shape index (κ3) is 3.49. The molecule has 0 radical (unpaired) electrons. The first kappa shape index (κ1) is 17.4. The lowest BCUT2D eigenvalue weighted by molar-refractivity contribution is -0.393. The first-order valence-corrected chi connectivity index (χ1v) is 7.09. The third-order valence-electron chi connectivity index (χ3n) is 3.37. The van der Waals surface area contributed by atoms with Crippen LogP contribution in [0, 0.1) is 34.1 Å². The van der Waals surface area contributed by atoms with Gasteiger partial charge in [0.2, 0.25) is 0 Å². The highest BCUT2D eigenvalue weighted by atomic mass is 35.5. The van der Waals surface area contributed by atoms with Crippen LogP contribution in [0.15, 0.2) is 30.3 Å². The molecule has 0 spiro atoms. The second-order valence-electron chi connectivity index (χ2n) is 5.12. The molecule has 0 atom stereocenters. The molecule has 0 unspecified atom stereocenters. The molecule has 1 N–H and O–H groups in total. The normalized spacial score (nSPS) is 10.3. The highest BCUT2D eigenvalue weighted by molar-refractivity contribution is 6.68. The summed E-state index contributed by atoms with van der Waals surface area (Å²) < 4.78 is 0. The number of nitro benzene ring substituents is 2. The van der Waals surface area contributed by atoms with Crippen molar-refractivity contribution in [1.82, 2.24) is 0 Å². The number of anilines is 2. The lowest BCUT2D eigenvalue weighted by Gasteiger charge is -2.13. The van der Waals surface area contributed by atoms with E-state index < -0.39 is 26.5 Å². The number of aryl methyl sites for hydroxylation is 2. The zero-order chi connectivity index (χ0) is 18.0. The van der Waals surface area contributed by atoms with Crippen LogP contribution in [0.4, 0.5) is 22.7 Å². The number of halogens is 1. The van der Waals surface area contributed by atoms with Crippen LogP contribution in [0.1, 0.15) is 21.5 Å². The molecule has 0 fully saturated rings. The van der Waals surface area contributed by atoms with E-state index in [0.29, 0.717) is 5.69 Å². The molecule has 8 nitrogen and oxygen atoms in total. The van der Waals surface area contributed by atoms with Crippen LogP contribution in [-0.4, -0.2) is 15.1 Å². The van der Waals surface area contributed by atoms with E-state index in [1.54, 1.807) is 19.1 Å². The summed E-state index contributed by atoms with van der Waals surface area (Å²) >= 11 is 5.47. The van der Waals surface area contributed by atoms with Crippen LogP contribution >= 0.6 is 11.6 Å². The Labute approximate surface area is 141 Å². The molecule has 2 rings (SSSR count). The first-order chi connectivity index (χ1) is 11.2. The van der Waals surface area contributed by atoms with E-state index in [2.05, 4.69) is 5.32 Å². The Morgan fingerprint density at radius 3 is 2.29 bits per heavy atom. The van der Waals surface area contributed by atoms with Gasteiger partial charge >= 0.3 is 0 Å². The molecule has 0 aliphatic rings. The Balaban J connectivity index is 2.70. The van der Waals surface area contributed by atoms with Gasteiger partial charge < -0.3 is 5.32 Å². The van der Waals surface area contributed by atoms with Crippen molar-refractivity contribution in [2.24, 2.45) is 0 Å². The van der Waals surface area contributed by atoms with E-state index in [1.165, 1.54) is 0 Å². The van der Waals surface area contributed by atoms with E-state index in [4.69, 9.17) is 11.6 Å². The van der Waals surface area contributed by atoms with E-state index in [-0.39, 0.29) is 11.3 Å². The Bertz CT molecular complexity index is 831. The van der Waals surface area contributed by atoms with Gasteiger partial charge in [-0.25, -0.2) is 0 Å². The molecule has 0 bridgehead atoms. The van der Waals surface area contributed by atoms with Gasteiger partial charge in [-0.15, -0.1) is 0 Å². The molecule has 0 aliphatic heterocycles. The third-order valence-corrected chi connectivity index (χ3v) is 3.58. The topological polar surface area (TPSA) is 115 Å². The zero-order valence-electron chi connectivity index (χ0n) is 12.7. The van der Waals surface area contributed by atoms with Gasteiger partial charge in [0.1, 0.15) is 5.69 Å². The smallest absolute Gasteiger partial charge is 0.300 e. The summed E-state index contributed by atoms with van der Waals surface area (Å²) in [6.45, 7) is 3.61. The minimum Gasteiger partial charge on any atom is -0.349 e. The minimum atomic E-state index is -1.03. The molecule has 9 heteroatoms. The van der Waals surface area contributed by atoms with Crippen molar-refractivity contribution in [3.63, 3.8) is 0 Å². The zero-order valence-corrected chi connectivity index (χ0v) is 13.5. The maximum Gasteiger partial charge on any atom is 0.300 e. The van der Waals surface area contributed by atoms with Crippen molar-refractivity contribution in [3.05, 3.63) is 67.3 Å². The lowest BCUT2D eigenvalue weighted by atomic mass is 10.1. The van der Waals surface area contributed by atoms with Crippen LogP contribution in [0.2, 0.25) is 0 Å². The summed E-state index contributed by atoms with van der Waals surface area (Å²) in [6.07, 6.45) is 0. The van der Waals surface area contributed by atoms with Gasteiger partial charge in [-0.2, -0.15) is 0 Å². The summed E-state index contributed by atoms with van der Waals surface area (Å²) in [5.41, 5.74) is 0.503. The van der Waals surface area contributed by atoms with Crippen molar-refractivity contribution in [2.75, 3.05) is 5.32 Å². The van der Waals surface area contributed by atoms with Crippen LogP contribution in [0.3, 0.4) is 0 Å².